The predicted octanol–water partition coefficient (Wildman–Crippen LogP) is 6.55. The number of pyridine rings is 2. The Hall–Kier alpha value is -4.32. The Morgan fingerprint density at radius 1 is 1.09 bits per heavy atom. The first-order valence-corrected chi connectivity index (χ1v) is 14.7. The summed E-state index contributed by atoms with van der Waals surface area (Å²) in [6, 6.07) is 7.49. The summed E-state index contributed by atoms with van der Waals surface area (Å²) in [6.45, 7) is 4.86. The van der Waals surface area contributed by atoms with E-state index in [0.717, 1.165) is 0 Å². The summed E-state index contributed by atoms with van der Waals surface area (Å²) in [6.07, 6.45) is 5.34. The lowest BCUT2D eigenvalue weighted by Gasteiger charge is -2.34. The van der Waals surface area contributed by atoms with Gasteiger partial charge in [-0.15, -0.1) is 5.10 Å². The normalized spacial score (nSPS) is 18.2. The minimum atomic E-state index is -2.78. The molecule has 44 heavy (non-hydrogen) atoms. The highest BCUT2D eigenvalue weighted by Crippen LogP contribution is 2.44. The molecular weight excluding hydrogens is 574 g/mol. The van der Waals surface area contributed by atoms with Gasteiger partial charge in [-0.05, 0) is 55.2 Å². The predicted molar refractivity (Wildman–Crippen MR) is 160 cm³/mol. The van der Waals surface area contributed by atoms with E-state index in [-0.39, 0.29) is 48.7 Å². The van der Waals surface area contributed by atoms with Gasteiger partial charge in [0.1, 0.15) is 11.5 Å². The summed E-state index contributed by atoms with van der Waals surface area (Å²) < 4.78 is 69.8. The van der Waals surface area contributed by atoms with Crippen LogP contribution in [0.3, 0.4) is 0 Å². The zero-order valence-electron chi connectivity index (χ0n) is 24.2. The molecule has 0 radical (unpaired) electrons. The van der Waals surface area contributed by atoms with Crippen molar-refractivity contribution in [3.8, 4) is 11.3 Å². The van der Waals surface area contributed by atoms with Crippen LogP contribution in [0.5, 0.6) is 0 Å². The maximum Gasteiger partial charge on any atom is 0.251 e. The van der Waals surface area contributed by atoms with Gasteiger partial charge in [0.15, 0.2) is 5.82 Å². The van der Waals surface area contributed by atoms with Crippen molar-refractivity contribution in [3.63, 3.8) is 0 Å². The molecule has 0 amide bonds. The van der Waals surface area contributed by atoms with Crippen LogP contribution in [-0.2, 0) is 11.8 Å². The van der Waals surface area contributed by atoms with Crippen molar-refractivity contribution in [3.05, 3.63) is 72.3 Å². The Bertz CT molecular complexity index is 1870. The molecule has 1 aromatic carbocycles. The number of rotatable bonds is 6. The first-order valence-electron chi connectivity index (χ1n) is 14.7. The van der Waals surface area contributed by atoms with Crippen LogP contribution >= 0.6 is 0 Å². The second-order valence-corrected chi connectivity index (χ2v) is 11.5. The van der Waals surface area contributed by atoms with Gasteiger partial charge in [0.05, 0.1) is 39.7 Å². The molecule has 4 aromatic heterocycles. The molecule has 12 heteroatoms. The van der Waals surface area contributed by atoms with Gasteiger partial charge in [-0.1, -0.05) is 11.8 Å². The molecule has 8 nitrogen and oxygen atoms in total. The first kappa shape index (κ1) is 28.5. The highest BCUT2D eigenvalue weighted by molar-refractivity contribution is 6.08. The van der Waals surface area contributed by atoms with Gasteiger partial charge in [-0.2, -0.15) is 0 Å². The van der Waals surface area contributed by atoms with Gasteiger partial charge in [-0.3, -0.25) is 9.97 Å². The molecule has 2 fully saturated rings. The van der Waals surface area contributed by atoms with Crippen LogP contribution < -0.4 is 4.90 Å². The van der Waals surface area contributed by atoms with Gasteiger partial charge < -0.3 is 14.2 Å². The third-order valence-corrected chi connectivity index (χ3v) is 8.93. The standard InChI is InChI=1S/C32H31F4N7O/c1-3-23-29(41(2)40-39-23)20-17-25-27(38-18-20)21-6-7-24(42-13-10-32(35,36)11-14-42)26(34)31(21)43(25)30(19-8-15-44-16-9-19)28-22(33)5-4-12-37-28/h3-7,12,17-19,30H,1,8-11,13-16H2,2H3/t30-/m0/s1. The van der Waals surface area contributed by atoms with E-state index >= 15 is 8.78 Å². The number of fused-ring (bicyclic) bond motifs is 3. The first-order chi connectivity index (χ1) is 21.3. The van der Waals surface area contributed by atoms with Crippen LogP contribution in [-0.4, -0.2) is 61.8 Å². The van der Waals surface area contributed by atoms with E-state index in [0.29, 0.717) is 59.4 Å². The van der Waals surface area contributed by atoms with E-state index < -0.39 is 23.6 Å². The van der Waals surface area contributed by atoms with E-state index in [2.05, 4.69) is 21.9 Å². The average molecular weight is 606 g/mol. The molecule has 0 N–H and O–H groups in total. The minimum absolute atomic E-state index is 0.0220. The zero-order valence-corrected chi connectivity index (χ0v) is 24.2. The molecule has 0 saturated carbocycles. The molecule has 2 saturated heterocycles. The van der Waals surface area contributed by atoms with Crippen LogP contribution in [0.4, 0.5) is 23.2 Å². The summed E-state index contributed by atoms with van der Waals surface area (Å²) >= 11 is 0. The number of halogens is 4. The van der Waals surface area contributed by atoms with Crippen LogP contribution in [0.2, 0.25) is 0 Å². The van der Waals surface area contributed by atoms with Crippen LogP contribution in [0.1, 0.15) is 43.1 Å². The number of anilines is 1. The summed E-state index contributed by atoms with van der Waals surface area (Å²) in [5, 5.41) is 8.85. The van der Waals surface area contributed by atoms with Crippen molar-refractivity contribution in [1.29, 1.82) is 0 Å². The van der Waals surface area contributed by atoms with Crippen molar-refractivity contribution >= 4 is 33.7 Å². The number of hydrogen-bond acceptors (Lipinski definition) is 6. The molecule has 1 atom stereocenters. The van der Waals surface area contributed by atoms with Gasteiger partial charge >= 0.3 is 0 Å². The highest BCUT2D eigenvalue weighted by Gasteiger charge is 2.37. The molecule has 5 aromatic rings. The Labute approximate surface area is 251 Å². The fraction of sp³-hybridized carbons (Fsp3) is 0.375. The third kappa shape index (κ3) is 4.72. The van der Waals surface area contributed by atoms with E-state index in [1.165, 1.54) is 18.3 Å². The second kappa shape index (κ2) is 11.0. The number of ether oxygens (including phenoxy) is 1. The lowest BCUT2D eigenvalue weighted by molar-refractivity contribution is -0.0221. The van der Waals surface area contributed by atoms with Crippen molar-refractivity contribution in [2.45, 2.75) is 37.6 Å². The Morgan fingerprint density at radius 3 is 2.59 bits per heavy atom. The molecule has 7 rings (SSSR count). The van der Waals surface area contributed by atoms with Crippen molar-refractivity contribution in [2.24, 2.45) is 13.0 Å². The quantitative estimate of drug-likeness (QED) is 0.204. The molecule has 2 aliphatic heterocycles. The number of aryl methyl sites for hydroxylation is 1. The highest BCUT2D eigenvalue weighted by atomic mass is 19.3. The summed E-state index contributed by atoms with van der Waals surface area (Å²) in [5.41, 5.74) is 3.67. The Morgan fingerprint density at radius 2 is 1.86 bits per heavy atom. The molecule has 0 spiro atoms. The maximum atomic E-state index is 17.0. The molecule has 0 unspecified atom stereocenters. The number of nitrogens with zero attached hydrogens (tertiary/aromatic N) is 7. The van der Waals surface area contributed by atoms with E-state index in [9.17, 15) is 8.78 Å². The number of aromatic nitrogens is 6. The summed E-state index contributed by atoms with van der Waals surface area (Å²) in [7, 11) is 1.76. The average Bonchev–Trinajstić information content (AvgIpc) is 3.57. The lowest BCUT2D eigenvalue weighted by Crippen LogP contribution is -2.39. The van der Waals surface area contributed by atoms with E-state index in [4.69, 9.17) is 9.72 Å². The van der Waals surface area contributed by atoms with Crippen molar-refractivity contribution < 1.29 is 22.3 Å². The van der Waals surface area contributed by atoms with E-state index in [1.807, 2.05) is 10.6 Å². The zero-order chi connectivity index (χ0) is 30.6. The monoisotopic (exact) mass is 605 g/mol. The van der Waals surface area contributed by atoms with Gasteiger partial charge in [0, 0.05) is 69.5 Å². The molecular formula is C32H31F4N7O. The van der Waals surface area contributed by atoms with Crippen LogP contribution in [0.25, 0.3) is 39.3 Å². The largest absolute Gasteiger partial charge is 0.381 e. The van der Waals surface area contributed by atoms with Crippen molar-refractivity contribution in [1.82, 2.24) is 29.5 Å². The summed E-state index contributed by atoms with van der Waals surface area (Å²) in [4.78, 5) is 11.0. The fourth-order valence-electron chi connectivity index (χ4n) is 6.73. The lowest BCUT2D eigenvalue weighted by atomic mass is 9.88. The number of benzene rings is 1. The fourth-order valence-corrected chi connectivity index (χ4v) is 6.73. The maximum absolute atomic E-state index is 17.0. The third-order valence-electron chi connectivity index (χ3n) is 8.93. The van der Waals surface area contributed by atoms with Crippen LogP contribution in [0, 0.1) is 17.6 Å². The van der Waals surface area contributed by atoms with E-state index in [1.54, 1.807) is 41.0 Å². The number of hydrogen-bond donors (Lipinski definition) is 0. The van der Waals surface area contributed by atoms with Gasteiger partial charge in [0.25, 0.3) is 5.92 Å². The Balaban J connectivity index is 1.53. The van der Waals surface area contributed by atoms with Crippen molar-refractivity contribution in [2.75, 3.05) is 31.2 Å². The smallest absolute Gasteiger partial charge is 0.251 e. The molecule has 0 bridgehead atoms. The molecule has 228 valence electrons. The van der Waals surface area contributed by atoms with Gasteiger partial charge in [0.2, 0.25) is 0 Å². The number of alkyl halides is 2. The Kier molecular flexibility index (Phi) is 7.11. The number of piperidine rings is 1. The minimum Gasteiger partial charge on any atom is -0.381 e. The molecule has 0 aliphatic carbocycles. The molecule has 2 aliphatic rings. The second-order valence-electron chi connectivity index (χ2n) is 11.5. The SMILES string of the molecule is C=Cc1nnn(C)c1-c1cnc2c3ccc(N4CCC(F)(F)CC4)c(F)c3n([C@H](c3ncccc3F)C3CCOCC3)c2c1. The topological polar surface area (TPSA) is 73.9 Å². The van der Waals surface area contributed by atoms with Gasteiger partial charge in [-0.25, -0.2) is 22.2 Å². The van der Waals surface area contributed by atoms with Crippen LogP contribution in [0.15, 0.2) is 49.3 Å². The molecule has 6 heterocycles. The summed E-state index contributed by atoms with van der Waals surface area (Å²) in [5.74, 6) is -3.96.